The molecule has 1 rings (SSSR count). The monoisotopic (exact) mass is 292 g/mol. The molecule has 3 nitrogen and oxygen atoms in total. The summed E-state index contributed by atoms with van der Waals surface area (Å²) in [5.41, 5.74) is 0.461. The Morgan fingerprint density at radius 2 is 1.52 bits per heavy atom. The van der Waals surface area contributed by atoms with Gasteiger partial charge in [-0.3, -0.25) is 0 Å². The van der Waals surface area contributed by atoms with Gasteiger partial charge in [0.25, 0.3) is 0 Å². The fourth-order valence-electron chi connectivity index (χ4n) is 2.43. The van der Waals surface area contributed by atoms with Gasteiger partial charge in [-0.25, -0.2) is 9.59 Å². The SMILES string of the molecule is CCCCCCCCCCCC=CCC1=CC(=O)OC1=O. The molecule has 0 aromatic rings. The molecule has 0 spiro atoms. The van der Waals surface area contributed by atoms with E-state index in [9.17, 15) is 9.59 Å². The van der Waals surface area contributed by atoms with Gasteiger partial charge in [-0.05, 0) is 19.3 Å². The Labute approximate surface area is 128 Å². The number of hydrogen-bond acceptors (Lipinski definition) is 3. The van der Waals surface area contributed by atoms with Crippen LogP contribution in [0.25, 0.3) is 0 Å². The highest BCUT2D eigenvalue weighted by Crippen LogP contribution is 2.14. The minimum absolute atomic E-state index is 0.461. The topological polar surface area (TPSA) is 43.4 Å². The Balaban J connectivity index is 1.90. The number of unbranched alkanes of at least 4 members (excludes halogenated alkanes) is 9. The van der Waals surface area contributed by atoms with Crippen LogP contribution >= 0.6 is 0 Å². The molecule has 0 saturated heterocycles. The maximum atomic E-state index is 11.2. The lowest BCUT2D eigenvalue weighted by Crippen LogP contribution is -2.01. The summed E-state index contributed by atoms with van der Waals surface area (Å²) in [6, 6.07) is 0. The number of rotatable bonds is 12. The van der Waals surface area contributed by atoms with Crippen LogP contribution in [0.3, 0.4) is 0 Å². The lowest BCUT2D eigenvalue weighted by atomic mass is 10.1. The molecular formula is C18H28O3. The van der Waals surface area contributed by atoms with E-state index < -0.39 is 11.9 Å². The standard InChI is InChI=1S/C18H28O3/c1-2-3-4-5-6-7-8-9-10-11-12-13-14-16-15-17(19)21-18(16)20/h12-13,15H,2-11,14H2,1H3. The third kappa shape index (κ3) is 8.49. The Bertz CT molecular complexity index is 380. The van der Waals surface area contributed by atoms with Crippen molar-refractivity contribution in [3.8, 4) is 0 Å². The maximum absolute atomic E-state index is 11.2. The number of esters is 2. The van der Waals surface area contributed by atoms with Crippen LogP contribution < -0.4 is 0 Å². The van der Waals surface area contributed by atoms with Gasteiger partial charge in [-0.1, -0.05) is 70.4 Å². The van der Waals surface area contributed by atoms with E-state index in [1.807, 2.05) is 6.08 Å². The molecule has 3 heteroatoms. The molecule has 21 heavy (non-hydrogen) atoms. The van der Waals surface area contributed by atoms with Gasteiger partial charge in [-0.2, -0.15) is 0 Å². The molecule has 0 unspecified atom stereocenters. The summed E-state index contributed by atoms with van der Waals surface area (Å²) in [4.78, 5) is 22.0. The van der Waals surface area contributed by atoms with E-state index in [2.05, 4.69) is 17.7 Å². The van der Waals surface area contributed by atoms with Gasteiger partial charge in [0.15, 0.2) is 0 Å². The Morgan fingerprint density at radius 1 is 0.905 bits per heavy atom. The van der Waals surface area contributed by atoms with E-state index in [1.165, 1.54) is 63.9 Å². The van der Waals surface area contributed by atoms with Crippen LogP contribution in [0.2, 0.25) is 0 Å². The van der Waals surface area contributed by atoms with Gasteiger partial charge in [0.05, 0.1) is 0 Å². The van der Waals surface area contributed by atoms with Crippen LogP contribution in [0.1, 0.15) is 77.6 Å². The van der Waals surface area contributed by atoms with Gasteiger partial charge >= 0.3 is 11.9 Å². The molecule has 0 atom stereocenters. The number of allylic oxidation sites excluding steroid dienone is 2. The second kappa shape index (κ2) is 11.3. The zero-order chi connectivity index (χ0) is 15.3. The average molecular weight is 292 g/mol. The molecular weight excluding hydrogens is 264 g/mol. The number of cyclic esters (lactones) is 2. The van der Waals surface area contributed by atoms with Crippen LogP contribution in [0.4, 0.5) is 0 Å². The van der Waals surface area contributed by atoms with Gasteiger partial charge in [0.2, 0.25) is 0 Å². The quantitative estimate of drug-likeness (QED) is 0.223. The summed E-state index contributed by atoms with van der Waals surface area (Å²) in [6.45, 7) is 2.25. The first-order valence-electron chi connectivity index (χ1n) is 8.35. The van der Waals surface area contributed by atoms with Crippen LogP contribution in [0, 0.1) is 0 Å². The first-order chi connectivity index (χ1) is 10.2. The molecule has 0 aliphatic carbocycles. The van der Waals surface area contributed by atoms with Gasteiger partial charge in [0.1, 0.15) is 0 Å². The van der Waals surface area contributed by atoms with Crippen molar-refractivity contribution in [1.82, 2.24) is 0 Å². The van der Waals surface area contributed by atoms with Gasteiger partial charge in [0, 0.05) is 11.6 Å². The van der Waals surface area contributed by atoms with Crippen molar-refractivity contribution in [3.63, 3.8) is 0 Å². The van der Waals surface area contributed by atoms with Crippen molar-refractivity contribution in [3.05, 3.63) is 23.8 Å². The fourth-order valence-corrected chi connectivity index (χ4v) is 2.43. The van der Waals surface area contributed by atoms with Crippen LogP contribution in [-0.2, 0) is 14.3 Å². The predicted octanol–water partition coefficient (Wildman–Crippen LogP) is 4.86. The second-order valence-electron chi connectivity index (χ2n) is 5.67. The number of ether oxygens (including phenoxy) is 1. The van der Waals surface area contributed by atoms with Crippen LogP contribution in [0.5, 0.6) is 0 Å². The lowest BCUT2D eigenvalue weighted by Gasteiger charge is -2.00. The second-order valence-corrected chi connectivity index (χ2v) is 5.67. The molecule has 0 N–H and O–H groups in total. The van der Waals surface area contributed by atoms with Gasteiger partial charge < -0.3 is 4.74 Å². The summed E-state index contributed by atoms with van der Waals surface area (Å²) in [5, 5.41) is 0. The van der Waals surface area contributed by atoms with E-state index in [1.54, 1.807) is 0 Å². The van der Waals surface area contributed by atoms with Gasteiger partial charge in [-0.15, -0.1) is 0 Å². The molecule has 0 amide bonds. The molecule has 1 heterocycles. The zero-order valence-corrected chi connectivity index (χ0v) is 13.2. The van der Waals surface area contributed by atoms with Crippen molar-refractivity contribution in [1.29, 1.82) is 0 Å². The molecule has 0 bridgehead atoms. The normalized spacial score (nSPS) is 14.8. The number of carbonyl (C=O) groups is 2. The molecule has 0 fully saturated rings. The number of carbonyl (C=O) groups excluding carboxylic acids is 2. The van der Waals surface area contributed by atoms with Crippen molar-refractivity contribution in [2.75, 3.05) is 0 Å². The largest absolute Gasteiger partial charge is 0.386 e. The lowest BCUT2D eigenvalue weighted by molar-refractivity contribution is -0.150. The Morgan fingerprint density at radius 3 is 2.10 bits per heavy atom. The summed E-state index contributed by atoms with van der Waals surface area (Å²) >= 11 is 0. The summed E-state index contributed by atoms with van der Waals surface area (Å²) in [6.07, 6.45) is 18.9. The maximum Gasteiger partial charge on any atom is 0.342 e. The molecule has 118 valence electrons. The molecule has 0 aromatic carbocycles. The van der Waals surface area contributed by atoms with E-state index in [0.29, 0.717) is 12.0 Å². The summed E-state index contributed by atoms with van der Waals surface area (Å²) in [5.74, 6) is -1.03. The first-order valence-corrected chi connectivity index (χ1v) is 8.35. The van der Waals surface area contributed by atoms with E-state index in [-0.39, 0.29) is 0 Å². The number of hydrogen-bond donors (Lipinski definition) is 0. The van der Waals surface area contributed by atoms with E-state index >= 15 is 0 Å². The van der Waals surface area contributed by atoms with E-state index in [0.717, 1.165) is 6.42 Å². The van der Waals surface area contributed by atoms with Crippen molar-refractivity contribution in [2.45, 2.75) is 77.6 Å². The highest BCUT2D eigenvalue weighted by atomic mass is 16.6. The van der Waals surface area contributed by atoms with Crippen LogP contribution in [0.15, 0.2) is 23.8 Å². The van der Waals surface area contributed by atoms with Crippen LogP contribution in [-0.4, -0.2) is 11.9 Å². The fraction of sp³-hybridized carbons (Fsp3) is 0.667. The molecule has 0 aromatic heterocycles. The predicted molar refractivity (Wildman–Crippen MR) is 84.8 cm³/mol. The molecule has 0 saturated carbocycles. The minimum Gasteiger partial charge on any atom is -0.386 e. The van der Waals surface area contributed by atoms with Crippen molar-refractivity contribution in [2.24, 2.45) is 0 Å². The summed E-state index contributed by atoms with van der Waals surface area (Å²) in [7, 11) is 0. The van der Waals surface area contributed by atoms with E-state index in [4.69, 9.17) is 0 Å². The molecule has 1 aliphatic rings. The van der Waals surface area contributed by atoms with Crippen molar-refractivity contribution >= 4 is 11.9 Å². The van der Waals surface area contributed by atoms with Crippen molar-refractivity contribution < 1.29 is 14.3 Å². The Hall–Kier alpha value is -1.38. The zero-order valence-electron chi connectivity index (χ0n) is 13.2. The molecule has 1 aliphatic heterocycles. The minimum atomic E-state index is -0.540. The Kier molecular flexibility index (Phi) is 9.51. The highest BCUT2D eigenvalue weighted by Gasteiger charge is 2.21. The third-order valence-corrected chi connectivity index (χ3v) is 3.73. The third-order valence-electron chi connectivity index (χ3n) is 3.73. The highest BCUT2D eigenvalue weighted by molar-refractivity contribution is 6.08. The first kappa shape index (κ1) is 17.7. The smallest absolute Gasteiger partial charge is 0.342 e. The average Bonchev–Trinajstić information content (AvgIpc) is 2.78. The molecule has 0 radical (unpaired) electrons. The summed E-state index contributed by atoms with van der Waals surface area (Å²) < 4.78 is 4.43.